The first kappa shape index (κ1) is 14.1. The lowest BCUT2D eigenvalue weighted by atomic mass is 10.1. The van der Waals surface area contributed by atoms with Crippen molar-refractivity contribution in [1.82, 2.24) is 14.1 Å². The van der Waals surface area contributed by atoms with Crippen LogP contribution in [0.1, 0.15) is 24.8 Å². The fraction of sp³-hybridized carbons (Fsp3) is 0.500. The second kappa shape index (κ2) is 5.85. The number of pyridine rings is 1. The number of aryl methyl sites for hydroxylation is 2. The first-order valence-corrected chi connectivity index (χ1v) is 7.45. The largest absolute Gasteiger partial charge is 0.376 e. The Morgan fingerprint density at radius 3 is 3.00 bits per heavy atom. The van der Waals surface area contributed by atoms with Crippen LogP contribution in [0.25, 0.3) is 11.4 Å². The third kappa shape index (κ3) is 2.93. The third-order valence-electron chi connectivity index (χ3n) is 4.01. The Morgan fingerprint density at radius 1 is 1.43 bits per heavy atom. The molecule has 2 aromatic heterocycles. The SMILES string of the molecule is Cc1cc(-c2nccn2C[C@@H]2CCCCO2)cn(C)c1=O. The zero-order valence-electron chi connectivity index (χ0n) is 12.6. The van der Waals surface area contributed by atoms with E-state index in [-0.39, 0.29) is 11.7 Å². The summed E-state index contributed by atoms with van der Waals surface area (Å²) < 4.78 is 9.54. The fourth-order valence-electron chi connectivity index (χ4n) is 2.89. The Morgan fingerprint density at radius 2 is 2.29 bits per heavy atom. The van der Waals surface area contributed by atoms with E-state index in [0.29, 0.717) is 0 Å². The van der Waals surface area contributed by atoms with Gasteiger partial charge in [-0.3, -0.25) is 4.79 Å². The molecule has 5 heteroatoms. The van der Waals surface area contributed by atoms with Gasteiger partial charge in [0.05, 0.1) is 12.6 Å². The van der Waals surface area contributed by atoms with Gasteiger partial charge in [0.25, 0.3) is 5.56 Å². The standard InChI is InChI=1S/C16H21N3O2/c1-12-9-13(10-18(2)16(12)20)15-17-6-7-19(15)11-14-5-3-4-8-21-14/h6-7,9-10,14H,3-5,8,11H2,1-2H3/t14-/m0/s1. The van der Waals surface area contributed by atoms with E-state index < -0.39 is 0 Å². The molecule has 3 rings (SSSR count). The lowest BCUT2D eigenvalue weighted by Crippen LogP contribution is -2.24. The predicted molar refractivity (Wildman–Crippen MR) is 81.2 cm³/mol. The van der Waals surface area contributed by atoms with E-state index in [1.165, 1.54) is 6.42 Å². The lowest BCUT2D eigenvalue weighted by molar-refractivity contribution is 0.00624. The van der Waals surface area contributed by atoms with Gasteiger partial charge in [-0.15, -0.1) is 0 Å². The zero-order chi connectivity index (χ0) is 14.8. The van der Waals surface area contributed by atoms with Crippen molar-refractivity contribution in [2.75, 3.05) is 6.61 Å². The summed E-state index contributed by atoms with van der Waals surface area (Å²) in [5.41, 5.74) is 1.74. The number of imidazole rings is 1. The van der Waals surface area contributed by atoms with Crippen LogP contribution in [-0.2, 0) is 18.3 Å². The van der Waals surface area contributed by atoms with Gasteiger partial charge in [-0.1, -0.05) is 0 Å². The monoisotopic (exact) mass is 287 g/mol. The van der Waals surface area contributed by atoms with Crippen LogP contribution in [0.2, 0.25) is 0 Å². The van der Waals surface area contributed by atoms with Crippen LogP contribution in [-0.4, -0.2) is 26.8 Å². The van der Waals surface area contributed by atoms with Gasteiger partial charge in [0, 0.05) is 43.4 Å². The summed E-state index contributed by atoms with van der Waals surface area (Å²) in [6.07, 6.45) is 9.38. The van der Waals surface area contributed by atoms with Crippen LogP contribution in [0.5, 0.6) is 0 Å². The smallest absolute Gasteiger partial charge is 0.253 e. The summed E-state index contributed by atoms with van der Waals surface area (Å²) >= 11 is 0. The topological polar surface area (TPSA) is 49.0 Å². The maximum absolute atomic E-state index is 11.8. The highest BCUT2D eigenvalue weighted by Gasteiger charge is 2.17. The Kier molecular flexibility index (Phi) is 3.92. The van der Waals surface area contributed by atoms with Gasteiger partial charge < -0.3 is 13.9 Å². The van der Waals surface area contributed by atoms with Gasteiger partial charge in [0.2, 0.25) is 0 Å². The molecule has 1 aliphatic rings. The first-order valence-electron chi connectivity index (χ1n) is 7.45. The molecule has 0 saturated carbocycles. The number of nitrogens with zero attached hydrogens (tertiary/aromatic N) is 3. The minimum Gasteiger partial charge on any atom is -0.376 e. The van der Waals surface area contributed by atoms with Gasteiger partial charge in [-0.2, -0.15) is 0 Å². The average molecular weight is 287 g/mol. The van der Waals surface area contributed by atoms with Gasteiger partial charge in [-0.05, 0) is 32.3 Å². The van der Waals surface area contributed by atoms with Gasteiger partial charge in [0.15, 0.2) is 0 Å². The maximum atomic E-state index is 11.8. The highest BCUT2D eigenvalue weighted by Crippen LogP contribution is 2.20. The molecule has 0 unspecified atom stereocenters. The minimum absolute atomic E-state index is 0.0347. The van der Waals surface area contributed by atoms with Crippen LogP contribution in [0.3, 0.4) is 0 Å². The number of ether oxygens (including phenoxy) is 1. The van der Waals surface area contributed by atoms with Crippen LogP contribution < -0.4 is 5.56 Å². The third-order valence-corrected chi connectivity index (χ3v) is 4.01. The molecule has 0 spiro atoms. The molecule has 1 saturated heterocycles. The van der Waals surface area contributed by atoms with Crippen molar-refractivity contribution < 1.29 is 4.74 Å². The molecule has 0 aromatic carbocycles. The Balaban J connectivity index is 1.89. The lowest BCUT2D eigenvalue weighted by Gasteiger charge is -2.23. The molecule has 1 aliphatic heterocycles. The summed E-state index contributed by atoms with van der Waals surface area (Å²) in [6.45, 7) is 3.51. The molecule has 112 valence electrons. The van der Waals surface area contributed by atoms with Gasteiger partial charge >= 0.3 is 0 Å². The molecule has 5 nitrogen and oxygen atoms in total. The number of hydrogen-bond acceptors (Lipinski definition) is 3. The van der Waals surface area contributed by atoms with Crippen LogP contribution in [0.4, 0.5) is 0 Å². The van der Waals surface area contributed by atoms with Crippen molar-refractivity contribution >= 4 is 0 Å². The van der Waals surface area contributed by atoms with Crippen molar-refractivity contribution in [2.24, 2.45) is 7.05 Å². The summed E-state index contributed by atoms with van der Waals surface area (Å²) in [4.78, 5) is 16.3. The van der Waals surface area contributed by atoms with Crippen LogP contribution >= 0.6 is 0 Å². The molecule has 3 heterocycles. The van der Waals surface area contributed by atoms with Crippen molar-refractivity contribution in [2.45, 2.75) is 38.8 Å². The molecule has 0 bridgehead atoms. The highest BCUT2D eigenvalue weighted by molar-refractivity contribution is 5.55. The summed E-state index contributed by atoms with van der Waals surface area (Å²) in [6, 6.07) is 1.91. The van der Waals surface area contributed by atoms with Crippen LogP contribution in [0.15, 0.2) is 29.5 Å². The predicted octanol–water partition coefficient (Wildman–Crippen LogP) is 2.13. The first-order chi connectivity index (χ1) is 10.1. The minimum atomic E-state index is 0.0347. The molecule has 0 aliphatic carbocycles. The van der Waals surface area contributed by atoms with E-state index >= 15 is 0 Å². The molecule has 1 atom stereocenters. The molecular weight excluding hydrogens is 266 g/mol. The van der Waals surface area contributed by atoms with Crippen molar-refractivity contribution in [1.29, 1.82) is 0 Å². The van der Waals surface area contributed by atoms with E-state index in [2.05, 4.69) is 9.55 Å². The van der Waals surface area contributed by atoms with E-state index in [4.69, 9.17) is 4.74 Å². The van der Waals surface area contributed by atoms with Crippen molar-refractivity contribution in [3.8, 4) is 11.4 Å². The van der Waals surface area contributed by atoms with Crippen molar-refractivity contribution in [3.63, 3.8) is 0 Å². The molecule has 21 heavy (non-hydrogen) atoms. The van der Waals surface area contributed by atoms with E-state index in [1.54, 1.807) is 17.8 Å². The van der Waals surface area contributed by atoms with E-state index in [1.807, 2.05) is 25.4 Å². The maximum Gasteiger partial charge on any atom is 0.253 e. The van der Waals surface area contributed by atoms with E-state index in [9.17, 15) is 4.79 Å². The number of rotatable bonds is 3. The highest BCUT2D eigenvalue weighted by atomic mass is 16.5. The number of hydrogen-bond donors (Lipinski definition) is 0. The second-order valence-electron chi connectivity index (χ2n) is 5.72. The molecule has 2 aromatic rings. The fourth-order valence-corrected chi connectivity index (χ4v) is 2.89. The van der Waals surface area contributed by atoms with Gasteiger partial charge in [0.1, 0.15) is 5.82 Å². The molecule has 1 fully saturated rings. The molecule has 0 amide bonds. The Bertz CT molecular complexity index is 655. The quantitative estimate of drug-likeness (QED) is 0.869. The Labute approximate surface area is 124 Å². The molecule has 0 N–H and O–H groups in total. The van der Waals surface area contributed by atoms with E-state index in [0.717, 1.165) is 42.9 Å². The summed E-state index contributed by atoms with van der Waals surface area (Å²) in [5.74, 6) is 0.892. The van der Waals surface area contributed by atoms with Crippen LogP contribution in [0, 0.1) is 6.92 Å². The second-order valence-corrected chi connectivity index (χ2v) is 5.72. The number of aromatic nitrogens is 3. The normalized spacial score (nSPS) is 18.9. The molecular formula is C16H21N3O2. The summed E-state index contributed by atoms with van der Waals surface area (Å²) in [5, 5.41) is 0. The molecule has 0 radical (unpaired) electrons. The average Bonchev–Trinajstić information content (AvgIpc) is 2.93. The summed E-state index contributed by atoms with van der Waals surface area (Å²) in [7, 11) is 1.77. The Hall–Kier alpha value is -1.88. The van der Waals surface area contributed by atoms with Crippen molar-refractivity contribution in [3.05, 3.63) is 40.6 Å². The zero-order valence-corrected chi connectivity index (χ0v) is 12.6. The van der Waals surface area contributed by atoms with Gasteiger partial charge in [-0.25, -0.2) is 4.98 Å².